The maximum Gasteiger partial charge on any atom is 0.304 e. The van der Waals surface area contributed by atoms with Gasteiger partial charge in [-0.25, -0.2) is 0 Å². The summed E-state index contributed by atoms with van der Waals surface area (Å²) in [5.74, 6) is 0.367. The molecule has 1 N–H and O–H groups in total. The first-order valence-corrected chi connectivity index (χ1v) is 5.41. The molecule has 0 spiro atoms. The Morgan fingerprint density at radius 3 is 2.56 bits per heavy atom. The van der Waals surface area contributed by atoms with E-state index in [1.54, 1.807) is 0 Å². The molecule has 0 unspecified atom stereocenters. The Hall–Kier alpha value is -1.43. The molecule has 0 aromatic carbocycles. The van der Waals surface area contributed by atoms with E-state index in [0.29, 0.717) is 31.3 Å². The molecule has 1 rings (SSSR count). The molecular weight excluding hydrogens is 210 g/mol. The molecule has 0 saturated carbocycles. The lowest BCUT2D eigenvalue weighted by Gasteiger charge is -2.16. The average molecular weight is 227 g/mol. The number of hydrogen-bond donors (Lipinski definition) is 1. The minimum atomic E-state index is -0.793. The van der Waals surface area contributed by atoms with Gasteiger partial charge in [-0.2, -0.15) is 0 Å². The maximum absolute atomic E-state index is 10.4. The highest BCUT2D eigenvalue weighted by molar-refractivity contribution is 5.66. The third-order valence-electron chi connectivity index (χ3n) is 2.26. The van der Waals surface area contributed by atoms with Crippen molar-refractivity contribution >= 4 is 5.97 Å². The minimum absolute atomic E-state index is 0.128. The first kappa shape index (κ1) is 12.6. The molecule has 16 heavy (non-hydrogen) atoms. The number of aliphatic carboxylic acids is 1. The minimum Gasteiger partial charge on any atom is -0.481 e. The second-order valence-electron chi connectivity index (χ2n) is 3.46. The summed E-state index contributed by atoms with van der Waals surface area (Å²) in [6, 6.07) is 0. The second-order valence-corrected chi connectivity index (χ2v) is 3.46. The molecule has 6 heteroatoms. The summed E-state index contributed by atoms with van der Waals surface area (Å²) >= 11 is 0. The van der Waals surface area contributed by atoms with E-state index in [9.17, 15) is 4.79 Å². The number of carboxylic acids is 1. The molecule has 0 saturated heterocycles. The first-order valence-electron chi connectivity index (χ1n) is 5.41. The van der Waals surface area contributed by atoms with Crippen molar-refractivity contribution in [1.82, 2.24) is 15.1 Å². The Kier molecular flexibility index (Phi) is 4.91. The number of aromatic nitrogens is 2. The van der Waals surface area contributed by atoms with Gasteiger partial charge in [-0.1, -0.05) is 13.8 Å². The summed E-state index contributed by atoms with van der Waals surface area (Å²) in [6.07, 6.45) is 0.844. The van der Waals surface area contributed by atoms with E-state index in [2.05, 4.69) is 10.2 Å². The van der Waals surface area contributed by atoms with Crippen LogP contribution in [0.1, 0.15) is 32.0 Å². The normalized spacial score (nSPS) is 10.9. The maximum atomic E-state index is 10.4. The summed E-state index contributed by atoms with van der Waals surface area (Å²) in [4.78, 5) is 12.4. The third kappa shape index (κ3) is 3.98. The zero-order valence-electron chi connectivity index (χ0n) is 9.64. The van der Waals surface area contributed by atoms with Gasteiger partial charge in [-0.05, 0) is 6.54 Å². The molecule has 1 heterocycles. The van der Waals surface area contributed by atoms with Crippen molar-refractivity contribution in [3.8, 4) is 0 Å². The predicted molar refractivity (Wildman–Crippen MR) is 56.9 cm³/mol. The first-order chi connectivity index (χ1) is 7.65. The van der Waals surface area contributed by atoms with Gasteiger partial charge in [0.05, 0.1) is 13.0 Å². The molecule has 6 nitrogen and oxygen atoms in total. The Morgan fingerprint density at radius 1 is 1.38 bits per heavy atom. The van der Waals surface area contributed by atoms with Crippen LogP contribution in [0.5, 0.6) is 0 Å². The zero-order chi connectivity index (χ0) is 12.0. The Balaban J connectivity index is 2.45. The fourth-order valence-corrected chi connectivity index (χ4v) is 1.29. The summed E-state index contributed by atoms with van der Waals surface area (Å²) in [5.41, 5.74) is 0. The molecule has 0 bridgehead atoms. The molecule has 0 aliphatic rings. The number of aryl methyl sites for hydroxylation is 1. The molecule has 0 fully saturated rings. The van der Waals surface area contributed by atoms with Gasteiger partial charge < -0.3 is 9.52 Å². The lowest BCUT2D eigenvalue weighted by Crippen LogP contribution is -2.25. The SMILES string of the molecule is CCc1nnc(CN(CC)CCC(=O)O)o1. The molecule has 0 amide bonds. The van der Waals surface area contributed by atoms with E-state index in [-0.39, 0.29) is 6.42 Å². The number of nitrogens with zero attached hydrogens (tertiary/aromatic N) is 3. The van der Waals surface area contributed by atoms with Crippen LogP contribution < -0.4 is 0 Å². The van der Waals surface area contributed by atoms with E-state index in [1.807, 2.05) is 18.7 Å². The average Bonchev–Trinajstić information content (AvgIpc) is 2.71. The van der Waals surface area contributed by atoms with Crippen LogP contribution in [0.4, 0.5) is 0 Å². The highest BCUT2D eigenvalue weighted by Gasteiger charge is 2.10. The molecular formula is C10H17N3O3. The van der Waals surface area contributed by atoms with Crippen LogP contribution in [-0.2, 0) is 17.8 Å². The van der Waals surface area contributed by atoms with Gasteiger partial charge in [0.1, 0.15) is 0 Å². The van der Waals surface area contributed by atoms with Gasteiger partial charge in [-0.3, -0.25) is 9.69 Å². The van der Waals surface area contributed by atoms with Crippen LogP contribution >= 0.6 is 0 Å². The number of carboxylic acid groups (broad SMARTS) is 1. The molecule has 1 aromatic heterocycles. The predicted octanol–water partition coefficient (Wildman–Crippen LogP) is 0.929. The molecule has 0 atom stereocenters. The second kappa shape index (κ2) is 6.22. The fourth-order valence-electron chi connectivity index (χ4n) is 1.29. The van der Waals surface area contributed by atoms with E-state index in [4.69, 9.17) is 9.52 Å². The van der Waals surface area contributed by atoms with Crippen LogP contribution in [0.3, 0.4) is 0 Å². The lowest BCUT2D eigenvalue weighted by molar-refractivity contribution is -0.137. The van der Waals surface area contributed by atoms with Crippen molar-refractivity contribution in [1.29, 1.82) is 0 Å². The van der Waals surface area contributed by atoms with E-state index < -0.39 is 5.97 Å². The van der Waals surface area contributed by atoms with Crippen molar-refractivity contribution in [2.24, 2.45) is 0 Å². The smallest absolute Gasteiger partial charge is 0.304 e. The summed E-state index contributed by atoms with van der Waals surface area (Å²) in [6.45, 7) is 5.68. The van der Waals surface area contributed by atoms with E-state index >= 15 is 0 Å². The Labute approximate surface area is 94.3 Å². The molecule has 0 radical (unpaired) electrons. The Bertz CT molecular complexity index is 338. The van der Waals surface area contributed by atoms with Crippen molar-refractivity contribution in [2.45, 2.75) is 33.2 Å². The zero-order valence-corrected chi connectivity index (χ0v) is 9.64. The number of rotatable bonds is 7. The van der Waals surface area contributed by atoms with Crippen LogP contribution in [0.25, 0.3) is 0 Å². The van der Waals surface area contributed by atoms with Gasteiger partial charge in [0, 0.05) is 13.0 Å². The van der Waals surface area contributed by atoms with Crippen molar-refractivity contribution in [2.75, 3.05) is 13.1 Å². The third-order valence-corrected chi connectivity index (χ3v) is 2.26. The van der Waals surface area contributed by atoms with Crippen molar-refractivity contribution < 1.29 is 14.3 Å². The quantitative estimate of drug-likeness (QED) is 0.746. The van der Waals surface area contributed by atoms with Gasteiger partial charge in [-0.15, -0.1) is 10.2 Å². The van der Waals surface area contributed by atoms with Gasteiger partial charge in [0.25, 0.3) is 0 Å². The Morgan fingerprint density at radius 2 is 2.06 bits per heavy atom. The van der Waals surface area contributed by atoms with Crippen LogP contribution in [0.2, 0.25) is 0 Å². The lowest BCUT2D eigenvalue weighted by atomic mass is 10.3. The monoisotopic (exact) mass is 227 g/mol. The van der Waals surface area contributed by atoms with Crippen molar-refractivity contribution in [3.63, 3.8) is 0 Å². The highest BCUT2D eigenvalue weighted by atomic mass is 16.4. The number of hydrogen-bond acceptors (Lipinski definition) is 5. The van der Waals surface area contributed by atoms with E-state index in [1.165, 1.54) is 0 Å². The topological polar surface area (TPSA) is 79.5 Å². The highest BCUT2D eigenvalue weighted by Crippen LogP contribution is 2.05. The standard InChI is InChI=1S/C10H17N3O3/c1-3-8-11-12-9(16-8)7-13(4-2)6-5-10(14)15/h3-7H2,1-2H3,(H,14,15). The van der Waals surface area contributed by atoms with Crippen LogP contribution in [-0.4, -0.2) is 39.3 Å². The summed E-state index contributed by atoms with van der Waals surface area (Å²) in [7, 11) is 0. The number of carbonyl (C=O) groups is 1. The summed E-state index contributed by atoms with van der Waals surface area (Å²) in [5, 5.41) is 16.3. The summed E-state index contributed by atoms with van der Waals surface area (Å²) < 4.78 is 5.36. The largest absolute Gasteiger partial charge is 0.481 e. The van der Waals surface area contributed by atoms with Crippen LogP contribution in [0.15, 0.2) is 4.42 Å². The molecule has 1 aromatic rings. The molecule has 0 aliphatic heterocycles. The molecule has 0 aliphatic carbocycles. The van der Waals surface area contributed by atoms with Gasteiger partial charge in [0.2, 0.25) is 11.8 Å². The van der Waals surface area contributed by atoms with Gasteiger partial charge in [0.15, 0.2) is 0 Å². The van der Waals surface area contributed by atoms with Gasteiger partial charge >= 0.3 is 5.97 Å². The van der Waals surface area contributed by atoms with Crippen molar-refractivity contribution in [3.05, 3.63) is 11.8 Å². The van der Waals surface area contributed by atoms with Crippen LogP contribution in [0, 0.1) is 0 Å². The van der Waals surface area contributed by atoms with E-state index in [0.717, 1.165) is 6.54 Å². The fraction of sp³-hybridized carbons (Fsp3) is 0.700. The molecule has 90 valence electrons.